The standard InChI is InChI=1S/C17H28N4O2S/c1-3-13-10-19-16(24-13)11-20-17(18-4-2)21-7-9-23-15(12-21)14-6-5-8-22-14/h10,14-15H,3-9,11-12H2,1-2H3,(H,18,20). The van der Waals surface area contributed by atoms with Crippen molar-refractivity contribution in [1.29, 1.82) is 0 Å². The zero-order valence-electron chi connectivity index (χ0n) is 14.7. The van der Waals surface area contributed by atoms with E-state index in [4.69, 9.17) is 14.5 Å². The molecule has 2 unspecified atom stereocenters. The van der Waals surface area contributed by atoms with Gasteiger partial charge in [0, 0.05) is 37.3 Å². The molecule has 0 aromatic carbocycles. The fraction of sp³-hybridized carbons (Fsp3) is 0.765. The molecule has 1 aromatic rings. The summed E-state index contributed by atoms with van der Waals surface area (Å²) >= 11 is 1.75. The van der Waals surface area contributed by atoms with Crippen LogP contribution in [-0.2, 0) is 22.4 Å². The fourth-order valence-corrected chi connectivity index (χ4v) is 3.93. The van der Waals surface area contributed by atoms with Crippen LogP contribution in [0.5, 0.6) is 0 Å². The minimum atomic E-state index is 0.150. The van der Waals surface area contributed by atoms with Gasteiger partial charge in [-0.3, -0.25) is 0 Å². The Kier molecular flexibility index (Phi) is 6.45. The minimum Gasteiger partial charge on any atom is -0.375 e. The average Bonchev–Trinajstić information content (AvgIpc) is 3.30. The first-order valence-electron chi connectivity index (χ1n) is 9.00. The molecule has 1 aromatic heterocycles. The monoisotopic (exact) mass is 352 g/mol. The van der Waals surface area contributed by atoms with Crippen LogP contribution in [-0.4, -0.2) is 60.9 Å². The van der Waals surface area contributed by atoms with Crippen molar-refractivity contribution in [3.8, 4) is 0 Å². The fourth-order valence-electron chi connectivity index (χ4n) is 3.14. The van der Waals surface area contributed by atoms with Gasteiger partial charge >= 0.3 is 0 Å². The SMILES string of the molecule is CCNC(=NCc1ncc(CC)s1)N1CCOC(C2CCCO2)C1. The van der Waals surface area contributed by atoms with Gasteiger partial charge in [-0.25, -0.2) is 9.98 Å². The highest BCUT2D eigenvalue weighted by molar-refractivity contribution is 7.11. The van der Waals surface area contributed by atoms with Crippen molar-refractivity contribution in [3.05, 3.63) is 16.1 Å². The molecule has 2 aliphatic heterocycles. The van der Waals surface area contributed by atoms with Crippen LogP contribution in [0.2, 0.25) is 0 Å². The molecule has 0 amide bonds. The molecular formula is C17H28N4O2S. The molecule has 24 heavy (non-hydrogen) atoms. The number of guanidine groups is 1. The van der Waals surface area contributed by atoms with Crippen molar-refractivity contribution in [3.63, 3.8) is 0 Å². The van der Waals surface area contributed by atoms with Gasteiger partial charge in [0.1, 0.15) is 11.1 Å². The normalized spacial score (nSPS) is 25.2. The number of ether oxygens (including phenoxy) is 2. The summed E-state index contributed by atoms with van der Waals surface area (Å²) in [4.78, 5) is 12.9. The van der Waals surface area contributed by atoms with Crippen molar-refractivity contribution >= 4 is 17.3 Å². The lowest BCUT2D eigenvalue weighted by atomic mass is 10.1. The summed E-state index contributed by atoms with van der Waals surface area (Å²) in [5, 5.41) is 4.49. The number of nitrogens with zero attached hydrogens (tertiary/aromatic N) is 3. The molecule has 0 spiro atoms. The second-order valence-electron chi connectivity index (χ2n) is 6.15. The number of rotatable bonds is 5. The topological polar surface area (TPSA) is 59.0 Å². The highest BCUT2D eigenvalue weighted by atomic mass is 32.1. The first-order chi connectivity index (χ1) is 11.8. The van der Waals surface area contributed by atoms with Crippen molar-refractivity contribution < 1.29 is 9.47 Å². The Morgan fingerprint density at radius 2 is 2.25 bits per heavy atom. The van der Waals surface area contributed by atoms with Crippen LogP contribution in [0, 0.1) is 0 Å². The molecular weight excluding hydrogens is 324 g/mol. The first kappa shape index (κ1) is 17.6. The molecule has 0 saturated carbocycles. The van der Waals surface area contributed by atoms with Crippen LogP contribution in [0.4, 0.5) is 0 Å². The number of hydrogen-bond donors (Lipinski definition) is 1. The average molecular weight is 353 g/mol. The molecule has 2 saturated heterocycles. The molecule has 7 heteroatoms. The smallest absolute Gasteiger partial charge is 0.194 e. The molecule has 0 bridgehead atoms. The van der Waals surface area contributed by atoms with Crippen LogP contribution in [0.3, 0.4) is 0 Å². The molecule has 2 aliphatic rings. The summed E-state index contributed by atoms with van der Waals surface area (Å²) in [5.74, 6) is 0.956. The van der Waals surface area contributed by atoms with Gasteiger partial charge in [0.2, 0.25) is 0 Å². The number of aromatic nitrogens is 1. The maximum absolute atomic E-state index is 5.94. The van der Waals surface area contributed by atoms with Crippen LogP contribution >= 0.6 is 11.3 Å². The largest absolute Gasteiger partial charge is 0.375 e. The Labute approximate surface area is 148 Å². The summed E-state index contributed by atoms with van der Waals surface area (Å²) in [7, 11) is 0. The lowest BCUT2D eigenvalue weighted by molar-refractivity contribution is -0.0817. The van der Waals surface area contributed by atoms with E-state index in [0.717, 1.165) is 63.1 Å². The Bertz CT molecular complexity index is 542. The van der Waals surface area contributed by atoms with E-state index >= 15 is 0 Å². The Balaban J connectivity index is 1.63. The van der Waals surface area contributed by atoms with E-state index in [1.807, 2.05) is 6.20 Å². The maximum atomic E-state index is 5.94. The second-order valence-corrected chi connectivity index (χ2v) is 7.35. The van der Waals surface area contributed by atoms with Crippen molar-refractivity contribution in [1.82, 2.24) is 15.2 Å². The van der Waals surface area contributed by atoms with Crippen molar-refractivity contribution in [2.45, 2.75) is 51.9 Å². The third-order valence-electron chi connectivity index (χ3n) is 4.42. The summed E-state index contributed by atoms with van der Waals surface area (Å²) in [6, 6.07) is 0. The second kappa shape index (κ2) is 8.78. The lowest BCUT2D eigenvalue weighted by Gasteiger charge is -2.37. The summed E-state index contributed by atoms with van der Waals surface area (Å²) < 4.78 is 11.7. The number of nitrogens with one attached hydrogen (secondary N) is 1. The van der Waals surface area contributed by atoms with Crippen LogP contribution in [0.1, 0.15) is 36.6 Å². The van der Waals surface area contributed by atoms with Crippen molar-refractivity contribution in [2.75, 3.05) is 32.8 Å². The van der Waals surface area contributed by atoms with E-state index in [0.29, 0.717) is 6.54 Å². The van der Waals surface area contributed by atoms with Gasteiger partial charge in [-0.05, 0) is 26.2 Å². The lowest BCUT2D eigenvalue weighted by Crippen LogP contribution is -2.53. The van der Waals surface area contributed by atoms with E-state index in [1.54, 1.807) is 11.3 Å². The van der Waals surface area contributed by atoms with E-state index in [9.17, 15) is 0 Å². The molecule has 0 aliphatic carbocycles. The molecule has 2 fully saturated rings. The first-order valence-corrected chi connectivity index (χ1v) is 9.81. The quantitative estimate of drug-likeness (QED) is 0.649. The number of hydrogen-bond acceptors (Lipinski definition) is 5. The number of aryl methyl sites for hydroxylation is 1. The summed E-state index contributed by atoms with van der Waals surface area (Å²) in [6.45, 7) is 9.06. The number of aliphatic imine (C=N–C) groups is 1. The Hall–Kier alpha value is -1.18. The van der Waals surface area contributed by atoms with Gasteiger partial charge in [-0.15, -0.1) is 11.3 Å². The third kappa shape index (κ3) is 4.46. The number of morpholine rings is 1. The van der Waals surface area contributed by atoms with Gasteiger partial charge in [0.25, 0.3) is 0 Å². The zero-order valence-corrected chi connectivity index (χ0v) is 15.5. The predicted molar refractivity (Wildman–Crippen MR) is 96.6 cm³/mol. The molecule has 1 N–H and O–H groups in total. The molecule has 3 heterocycles. The third-order valence-corrected chi connectivity index (χ3v) is 5.55. The van der Waals surface area contributed by atoms with E-state index in [2.05, 4.69) is 29.0 Å². The van der Waals surface area contributed by atoms with Gasteiger partial charge in [0.05, 0.1) is 19.3 Å². The van der Waals surface area contributed by atoms with E-state index in [1.165, 1.54) is 4.88 Å². The molecule has 2 atom stereocenters. The molecule has 0 radical (unpaired) electrons. The van der Waals surface area contributed by atoms with Crippen molar-refractivity contribution in [2.24, 2.45) is 4.99 Å². The predicted octanol–water partition coefficient (Wildman–Crippen LogP) is 2.05. The summed E-state index contributed by atoms with van der Waals surface area (Å²) in [6.07, 6.45) is 5.63. The molecule has 134 valence electrons. The van der Waals surface area contributed by atoms with Crippen LogP contribution in [0.15, 0.2) is 11.2 Å². The maximum Gasteiger partial charge on any atom is 0.194 e. The Morgan fingerprint density at radius 1 is 1.38 bits per heavy atom. The summed E-state index contributed by atoms with van der Waals surface area (Å²) in [5.41, 5.74) is 0. The van der Waals surface area contributed by atoms with E-state index in [-0.39, 0.29) is 12.2 Å². The molecule has 3 rings (SSSR count). The van der Waals surface area contributed by atoms with Crippen LogP contribution < -0.4 is 5.32 Å². The Morgan fingerprint density at radius 3 is 2.96 bits per heavy atom. The van der Waals surface area contributed by atoms with Gasteiger partial charge in [-0.1, -0.05) is 6.92 Å². The highest BCUT2D eigenvalue weighted by Crippen LogP contribution is 2.21. The minimum absolute atomic E-state index is 0.150. The van der Waals surface area contributed by atoms with Gasteiger partial charge in [0.15, 0.2) is 5.96 Å². The van der Waals surface area contributed by atoms with Gasteiger partial charge in [-0.2, -0.15) is 0 Å². The highest BCUT2D eigenvalue weighted by Gasteiger charge is 2.32. The van der Waals surface area contributed by atoms with Crippen LogP contribution in [0.25, 0.3) is 0 Å². The number of thiazole rings is 1. The zero-order chi connectivity index (χ0) is 16.8. The van der Waals surface area contributed by atoms with Gasteiger partial charge < -0.3 is 19.7 Å². The molecule has 6 nitrogen and oxygen atoms in total. The van der Waals surface area contributed by atoms with E-state index < -0.39 is 0 Å².